The minimum Gasteiger partial charge on any atom is -0.508 e. The molecule has 0 aromatic heterocycles. The number of ether oxygens (including phenoxy) is 1. The van der Waals surface area contributed by atoms with Gasteiger partial charge in [-0.05, 0) is 56.3 Å². The number of hydrogen-bond acceptors (Lipinski definition) is 3. The Morgan fingerprint density at radius 1 is 1.15 bits per heavy atom. The summed E-state index contributed by atoms with van der Waals surface area (Å²) in [6.45, 7) is 3.73. The Hall–Kier alpha value is -3.52. The maximum Gasteiger partial charge on any atom is 0.260 e. The number of carbonyl (C=O) groups is 1. The molecule has 5 heteroatoms. The summed E-state index contributed by atoms with van der Waals surface area (Å²) in [7, 11) is 0. The van der Waals surface area contributed by atoms with E-state index in [1.165, 1.54) is 12.1 Å². The first kappa shape index (κ1) is 16.9. The van der Waals surface area contributed by atoms with Crippen LogP contribution < -0.4 is 5.32 Å². The fourth-order valence-corrected chi connectivity index (χ4v) is 3.09. The van der Waals surface area contributed by atoms with Crippen molar-refractivity contribution in [1.29, 1.82) is 0 Å². The van der Waals surface area contributed by atoms with Crippen molar-refractivity contribution >= 4 is 17.2 Å². The average molecular weight is 361 g/mol. The van der Waals surface area contributed by atoms with Gasteiger partial charge in [-0.15, -0.1) is 0 Å². The fraction of sp³-hybridized carbons (Fsp3) is 0.136. The predicted molar refractivity (Wildman–Crippen MR) is 100 cm³/mol. The lowest BCUT2D eigenvalue weighted by Gasteiger charge is -2.20. The molecule has 1 amide bonds. The van der Waals surface area contributed by atoms with Crippen LogP contribution in [0.25, 0.3) is 5.57 Å². The molecule has 0 bridgehead atoms. The van der Waals surface area contributed by atoms with E-state index in [-0.39, 0.29) is 11.7 Å². The minimum atomic E-state index is -0.713. The van der Waals surface area contributed by atoms with Crippen molar-refractivity contribution in [2.75, 3.05) is 5.32 Å². The molecule has 0 unspecified atom stereocenters. The topological polar surface area (TPSA) is 58.6 Å². The van der Waals surface area contributed by atoms with Crippen molar-refractivity contribution in [2.24, 2.45) is 0 Å². The van der Waals surface area contributed by atoms with Gasteiger partial charge in [0.1, 0.15) is 22.9 Å². The first-order valence-corrected chi connectivity index (χ1v) is 8.41. The Morgan fingerprint density at radius 2 is 1.96 bits per heavy atom. The van der Waals surface area contributed by atoms with E-state index < -0.39 is 11.4 Å². The van der Waals surface area contributed by atoms with E-state index in [4.69, 9.17) is 4.74 Å². The molecule has 2 aliphatic rings. The van der Waals surface area contributed by atoms with Crippen molar-refractivity contribution in [3.63, 3.8) is 0 Å². The molecular formula is C22H16FNO3. The van der Waals surface area contributed by atoms with E-state index >= 15 is 0 Å². The van der Waals surface area contributed by atoms with Crippen molar-refractivity contribution in [3.8, 4) is 17.6 Å². The van der Waals surface area contributed by atoms with Crippen LogP contribution in [0.1, 0.15) is 25.0 Å². The molecule has 0 saturated carbocycles. The van der Waals surface area contributed by atoms with Gasteiger partial charge < -0.3 is 15.2 Å². The first-order valence-electron chi connectivity index (χ1n) is 8.41. The van der Waals surface area contributed by atoms with Crippen LogP contribution in [0.3, 0.4) is 0 Å². The Balaban J connectivity index is 1.77. The van der Waals surface area contributed by atoms with Crippen molar-refractivity contribution in [2.45, 2.75) is 19.4 Å². The van der Waals surface area contributed by atoms with Crippen LogP contribution in [0.2, 0.25) is 0 Å². The van der Waals surface area contributed by atoms with Gasteiger partial charge in [0.15, 0.2) is 0 Å². The number of phenols is 1. The molecule has 0 radical (unpaired) electrons. The molecule has 0 aliphatic carbocycles. The molecule has 4 rings (SSSR count). The number of nitrogens with one attached hydrogen (secondary N) is 1. The van der Waals surface area contributed by atoms with Crippen LogP contribution in [-0.4, -0.2) is 16.6 Å². The maximum atomic E-state index is 13.4. The van der Waals surface area contributed by atoms with E-state index in [0.717, 1.165) is 0 Å². The van der Waals surface area contributed by atoms with Gasteiger partial charge in [0.25, 0.3) is 5.91 Å². The molecule has 2 aromatic carbocycles. The van der Waals surface area contributed by atoms with Crippen LogP contribution in [-0.2, 0) is 9.53 Å². The van der Waals surface area contributed by atoms with Gasteiger partial charge in [-0.25, -0.2) is 4.39 Å². The van der Waals surface area contributed by atoms with Crippen molar-refractivity contribution < 1.29 is 19.0 Å². The number of hydrogen-bond donors (Lipinski definition) is 2. The number of aromatic hydroxyl groups is 1. The standard InChI is InChI=1S/C22H16FNO3/c1-22(2)14(7-6-13-4-3-5-16(25)10-13)11-19(27-22)20-17-9-8-15(23)12-18(17)24-21(20)26/h3-5,8-12,25H,1-2H3,(H,24,26)/b20-19+. The third-order valence-electron chi connectivity index (χ3n) is 4.45. The number of anilines is 1. The molecule has 0 atom stereocenters. The minimum absolute atomic E-state index is 0.145. The number of amides is 1. The van der Waals surface area contributed by atoms with Crippen LogP contribution in [0, 0.1) is 17.7 Å². The zero-order valence-electron chi connectivity index (χ0n) is 14.8. The maximum absolute atomic E-state index is 13.4. The van der Waals surface area contributed by atoms with Crippen LogP contribution in [0.4, 0.5) is 10.1 Å². The summed E-state index contributed by atoms with van der Waals surface area (Å²) in [5.41, 5.74) is 2.06. The first-order chi connectivity index (χ1) is 12.8. The number of halogens is 1. The fourth-order valence-electron chi connectivity index (χ4n) is 3.09. The van der Waals surface area contributed by atoms with E-state index in [9.17, 15) is 14.3 Å². The van der Waals surface area contributed by atoms with E-state index in [1.54, 1.807) is 36.4 Å². The average Bonchev–Trinajstić information content (AvgIpc) is 3.07. The Bertz CT molecular complexity index is 1100. The number of phenolic OH excluding ortho intramolecular Hbond substituents is 1. The van der Waals surface area contributed by atoms with Gasteiger partial charge in [0, 0.05) is 16.7 Å². The van der Waals surface area contributed by atoms with Crippen LogP contribution in [0.5, 0.6) is 5.75 Å². The Labute approximate surface area is 156 Å². The van der Waals surface area contributed by atoms with Gasteiger partial charge in [0.05, 0.1) is 11.3 Å². The van der Waals surface area contributed by atoms with Gasteiger partial charge in [0.2, 0.25) is 0 Å². The highest BCUT2D eigenvalue weighted by Gasteiger charge is 2.36. The van der Waals surface area contributed by atoms with E-state index in [1.807, 2.05) is 13.8 Å². The molecule has 2 N–H and O–H groups in total. The molecule has 0 spiro atoms. The van der Waals surface area contributed by atoms with Gasteiger partial charge in [-0.3, -0.25) is 4.79 Å². The molecule has 2 aromatic rings. The molecule has 2 heterocycles. The second-order valence-electron chi connectivity index (χ2n) is 6.85. The summed E-state index contributed by atoms with van der Waals surface area (Å²) in [5.74, 6) is 5.87. The summed E-state index contributed by atoms with van der Waals surface area (Å²) < 4.78 is 19.4. The summed E-state index contributed by atoms with van der Waals surface area (Å²) >= 11 is 0. The molecule has 0 fully saturated rings. The second kappa shape index (κ2) is 6.03. The number of rotatable bonds is 0. The lowest BCUT2D eigenvalue weighted by molar-refractivity contribution is -0.111. The smallest absolute Gasteiger partial charge is 0.260 e. The van der Waals surface area contributed by atoms with Gasteiger partial charge in [-0.2, -0.15) is 0 Å². The lowest BCUT2D eigenvalue weighted by Crippen LogP contribution is -2.21. The molecule has 2 aliphatic heterocycles. The summed E-state index contributed by atoms with van der Waals surface area (Å²) in [6.07, 6.45) is 1.74. The third kappa shape index (κ3) is 3.06. The molecule has 27 heavy (non-hydrogen) atoms. The Kier molecular flexibility index (Phi) is 3.78. The highest BCUT2D eigenvalue weighted by molar-refractivity contribution is 6.32. The quantitative estimate of drug-likeness (QED) is 0.551. The normalized spacial score (nSPS) is 19.5. The number of benzene rings is 2. The van der Waals surface area contributed by atoms with Crippen LogP contribution >= 0.6 is 0 Å². The summed E-state index contributed by atoms with van der Waals surface area (Å²) in [4.78, 5) is 12.4. The number of fused-ring (bicyclic) bond motifs is 1. The molecular weight excluding hydrogens is 345 g/mol. The summed E-state index contributed by atoms with van der Waals surface area (Å²) in [5, 5.41) is 12.2. The number of carbonyl (C=O) groups excluding carboxylic acids is 1. The zero-order chi connectivity index (χ0) is 19.2. The number of allylic oxidation sites excluding steroid dienone is 1. The largest absolute Gasteiger partial charge is 0.508 e. The molecule has 4 nitrogen and oxygen atoms in total. The third-order valence-corrected chi connectivity index (χ3v) is 4.45. The lowest BCUT2D eigenvalue weighted by atomic mass is 9.99. The van der Waals surface area contributed by atoms with E-state index in [0.29, 0.717) is 33.7 Å². The van der Waals surface area contributed by atoms with Crippen molar-refractivity contribution in [1.82, 2.24) is 0 Å². The second-order valence-corrected chi connectivity index (χ2v) is 6.85. The molecule has 0 saturated heterocycles. The predicted octanol–water partition coefficient (Wildman–Crippen LogP) is 3.98. The summed E-state index contributed by atoms with van der Waals surface area (Å²) in [6, 6.07) is 10.8. The van der Waals surface area contributed by atoms with Gasteiger partial charge >= 0.3 is 0 Å². The van der Waals surface area contributed by atoms with Crippen molar-refractivity contribution in [3.05, 3.63) is 76.8 Å². The Morgan fingerprint density at radius 3 is 2.74 bits per heavy atom. The highest BCUT2D eigenvalue weighted by atomic mass is 19.1. The zero-order valence-corrected chi connectivity index (χ0v) is 14.8. The monoisotopic (exact) mass is 361 g/mol. The molecule has 134 valence electrons. The van der Waals surface area contributed by atoms with Gasteiger partial charge in [-0.1, -0.05) is 17.9 Å². The van der Waals surface area contributed by atoms with E-state index in [2.05, 4.69) is 17.2 Å². The van der Waals surface area contributed by atoms with Crippen LogP contribution in [0.15, 0.2) is 59.9 Å². The SMILES string of the molecule is CC1(C)O/C(=C2/C(=O)Nc3cc(F)ccc32)C=C1C#Cc1cccc(O)c1. The highest BCUT2D eigenvalue weighted by Crippen LogP contribution is 2.41.